The van der Waals surface area contributed by atoms with Crippen LogP contribution in [0, 0.1) is 0 Å². The SMILES string of the molecule is CC(C)(C)OP(=O)(OCc1cncc(C(=O)O)c1)OC(C)(C)C. The first-order valence-corrected chi connectivity index (χ1v) is 8.59. The molecule has 0 atom stereocenters. The topological polar surface area (TPSA) is 95.0 Å². The van der Waals surface area contributed by atoms with Crippen molar-refractivity contribution in [1.82, 2.24) is 4.98 Å². The number of phosphoric acid groups is 1. The van der Waals surface area contributed by atoms with Crippen molar-refractivity contribution in [3.63, 3.8) is 0 Å². The fraction of sp³-hybridized carbons (Fsp3) is 0.600. The Hall–Kier alpha value is -1.27. The molecule has 1 heterocycles. The van der Waals surface area contributed by atoms with Crippen molar-refractivity contribution in [2.45, 2.75) is 59.4 Å². The predicted octanol–water partition coefficient (Wildman–Crippen LogP) is 4.03. The molecule has 23 heavy (non-hydrogen) atoms. The van der Waals surface area contributed by atoms with Gasteiger partial charge >= 0.3 is 13.8 Å². The number of carboxylic acid groups (broad SMARTS) is 1. The Morgan fingerprint density at radius 3 is 2.09 bits per heavy atom. The lowest BCUT2D eigenvalue weighted by molar-refractivity contribution is 0.000825. The zero-order valence-electron chi connectivity index (χ0n) is 14.3. The van der Waals surface area contributed by atoms with Gasteiger partial charge in [0.05, 0.1) is 23.4 Å². The highest BCUT2D eigenvalue weighted by Gasteiger charge is 2.37. The van der Waals surface area contributed by atoms with Crippen LogP contribution in [0.1, 0.15) is 57.5 Å². The summed E-state index contributed by atoms with van der Waals surface area (Å²) in [6, 6.07) is 1.40. The standard InChI is InChI=1S/C15H24NO6P/c1-14(2,3)21-23(19,22-15(4,5)6)20-10-11-7-12(13(17)18)9-16-8-11/h7-9H,10H2,1-6H3,(H,17,18). The highest BCUT2D eigenvalue weighted by molar-refractivity contribution is 7.48. The van der Waals surface area contributed by atoms with Gasteiger partial charge in [-0.1, -0.05) is 0 Å². The van der Waals surface area contributed by atoms with Crippen molar-refractivity contribution in [1.29, 1.82) is 0 Å². The van der Waals surface area contributed by atoms with E-state index in [0.29, 0.717) is 5.56 Å². The van der Waals surface area contributed by atoms with E-state index >= 15 is 0 Å². The van der Waals surface area contributed by atoms with Gasteiger partial charge in [0.1, 0.15) is 0 Å². The van der Waals surface area contributed by atoms with Gasteiger partial charge in [-0.25, -0.2) is 9.36 Å². The molecule has 1 N–H and O–H groups in total. The zero-order valence-corrected chi connectivity index (χ0v) is 15.2. The Morgan fingerprint density at radius 1 is 1.13 bits per heavy atom. The van der Waals surface area contributed by atoms with Gasteiger partial charge in [0.15, 0.2) is 0 Å². The van der Waals surface area contributed by atoms with Crippen LogP contribution in [0.25, 0.3) is 0 Å². The van der Waals surface area contributed by atoms with Crippen LogP contribution in [0.15, 0.2) is 18.5 Å². The van der Waals surface area contributed by atoms with Crippen LogP contribution in [0.4, 0.5) is 0 Å². The van der Waals surface area contributed by atoms with Crippen molar-refractivity contribution in [3.8, 4) is 0 Å². The molecule has 130 valence electrons. The fourth-order valence-corrected chi connectivity index (χ4v) is 3.37. The van der Waals surface area contributed by atoms with Crippen LogP contribution in [-0.2, 0) is 24.7 Å². The largest absolute Gasteiger partial charge is 0.478 e. The second-order valence-corrected chi connectivity index (χ2v) is 8.53. The van der Waals surface area contributed by atoms with Crippen molar-refractivity contribution in [2.75, 3.05) is 0 Å². The smallest absolute Gasteiger partial charge is 0.476 e. The fourth-order valence-electron chi connectivity index (χ4n) is 1.58. The molecule has 8 heteroatoms. The number of aromatic nitrogens is 1. The summed E-state index contributed by atoms with van der Waals surface area (Å²) >= 11 is 0. The van der Waals surface area contributed by atoms with Crippen molar-refractivity contribution < 1.29 is 28.0 Å². The lowest BCUT2D eigenvalue weighted by atomic mass is 10.2. The number of pyridine rings is 1. The molecule has 0 aromatic carbocycles. The monoisotopic (exact) mass is 345 g/mol. The van der Waals surface area contributed by atoms with Gasteiger partial charge < -0.3 is 5.11 Å². The molecule has 0 bridgehead atoms. The van der Waals surface area contributed by atoms with Crippen molar-refractivity contribution in [3.05, 3.63) is 29.6 Å². The summed E-state index contributed by atoms with van der Waals surface area (Å²) in [7, 11) is -3.84. The van der Waals surface area contributed by atoms with Crippen molar-refractivity contribution >= 4 is 13.8 Å². The molecular weight excluding hydrogens is 321 g/mol. The number of carbonyl (C=O) groups is 1. The van der Waals surface area contributed by atoms with E-state index in [4.69, 9.17) is 18.7 Å². The molecule has 1 aromatic heterocycles. The summed E-state index contributed by atoms with van der Waals surface area (Å²) in [5, 5.41) is 8.96. The first kappa shape index (κ1) is 19.8. The van der Waals surface area contributed by atoms with Gasteiger partial charge in [-0.05, 0) is 53.2 Å². The Kier molecular flexibility index (Phi) is 6.10. The van der Waals surface area contributed by atoms with Gasteiger partial charge in [-0.2, -0.15) is 0 Å². The van der Waals surface area contributed by atoms with Crippen LogP contribution in [-0.4, -0.2) is 27.3 Å². The quantitative estimate of drug-likeness (QED) is 0.778. The van der Waals surface area contributed by atoms with Gasteiger partial charge in [-0.15, -0.1) is 0 Å². The van der Waals surface area contributed by atoms with Crippen LogP contribution < -0.4 is 0 Å². The summed E-state index contributed by atoms with van der Waals surface area (Å²) in [4.78, 5) is 14.8. The molecule has 0 aliphatic rings. The molecule has 1 aromatic rings. The Bertz CT molecular complexity index is 583. The number of rotatable bonds is 6. The maximum atomic E-state index is 12.8. The minimum atomic E-state index is -3.84. The molecule has 0 fully saturated rings. The van der Waals surface area contributed by atoms with Crippen LogP contribution >= 0.6 is 7.82 Å². The third-order valence-electron chi connectivity index (χ3n) is 2.20. The van der Waals surface area contributed by atoms with Gasteiger partial charge in [0, 0.05) is 12.4 Å². The molecule has 0 aliphatic heterocycles. The molecule has 0 saturated carbocycles. The van der Waals surface area contributed by atoms with E-state index < -0.39 is 25.0 Å². The number of carboxylic acids is 1. The van der Waals surface area contributed by atoms with Gasteiger partial charge in [-0.3, -0.25) is 18.6 Å². The third-order valence-corrected chi connectivity index (χ3v) is 4.19. The van der Waals surface area contributed by atoms with E-state index in [1.165, 1.54) is 18.5 Å². The van der Waals surface area contributed by atoms with E-state index in [2.05, 4.69) is 4.98 Å². The van der Waals surface area contributed by atoms with E-state index in [0.717, 1.165) is 0 Å². The summed E-state index contributed by atoms with van der Waals surface area (Å²) < 4.78 is 29.2. The molecule has 7 nitrogen and oxygen atoms in total. The Balaban J connectivity index is 2.92. The summed E-state index contributed by atoms with van der Waals surface area (Å²) in [5.74, 6) is -1.10. The zero-order chi connectivity index (χ0) is 17.9. The number of phosphoric ester groups is 1. The highest BCUT2D eigenvalue weighted by atomic mass is 31.2. The van der Waals surface area contributed by atoms with Crippen molar-refractivity contribution in [2.24, 2.45) is 0 Å². The van der Waals surface area contributed by atoms with E-state index in [-0.39, 0.29) is 12.2 Å². The molecule has 0 radical (unpaired) electrons. The average molecular weight is 345 g/mol. The minimum Gasteiger partial charge on any atom is -0.478 e. The maximum absolute atomic E-state index is 12.8. The lowest BCUT2D eigenvalue weighted by Gasteiger charge is -2.30. The molecule has 1 rings (SSSR count). The first-order valence-electron chi connectivity index (χ1n) is 7.13. The Labute approximate surface area is 136 Å². The minimum absolute atomic E-state index is 0.0226. The molecule has 0 saturated heterocycles. The van der Waals surface area contributed by atoms with E-state index in [1.54, 1.807) is 41.5 Å². The number of hydrogen-bond donors (Lipinski definition) is 1. The summed E-state index contributed by atoms with van der Waals surface area (Å²) in [6.07, 6.45) is 2.66. The van der Waals surface area contributed by atoms with E-state index in [1.807, 2.05) is 0 Å². The normalized spacial score (nSPS) is 13.1. The lowest BCUT2D eigenvalue weighted by Crippen LogP contribution is -2.24. The maximum Gasteiger partial charge on any atom is 0.476 e. The molecular formula is C15H24NO6P. The van der Waals surface area contributed by atoms with E-state index in [9.17, 15) is 9.36 Å². The average Bonchev–Trinajstić information content (AvgIpc) is 2.32. The third kappa shape index (κ3) is 7.70. The second kappa shape index (κ2) is 7.09. The van der Waals surface area contributed by atoms with Crippen LogP contribution in [0.5, 0.6) is 0 Å². The van der Waals surface area contributed by atoms with Crippen LogP contribution in [0.3, 0.4) is 0 Å². The molecule has 0 unspecified atom stereocenters. The number of aromatic carboxylic acids is 1. The highest BCUT2D eigenvalue weighted by Crippen LogP contribution is 2.55. The molecule has 0 aliphatic carbocycles. The number of hydrogen-bond acceptors (Lipinski definition) is 6. The summed E-state index contributed by atoms with van der Waals surface area (Å²) in [5.41, 5.74) is -0.987. The molecule has 0 spiro atoms. The Morgan fingerprint density at radius 2 is 1.65 bits per heavy atom. The summed E-state index contributed by atoms with van der Waals surface area (Å²) in [6.45, 7) is 10.3. The van der Waals surface area contributed by atoms with Crippen LogP contribution in [0.2, 0.25) is 0 Å². The van der Waals surface area contributed by atoms with Gasteiger partial charge in [0.25, 0.3) is 0 Å². The molecule has 0 amide bonds. The number of nitrogens with zero attached hydrogens (tertiary/aromatic N) is 1. The second-order valence-electron chi connectivity index (χ2n) is 7.01. The van der Waals surface area contributed by atoms with Gasteiger partial charge in [0.2, 0.25) is 0 Å². The first-order chi connectivity index (χ1) is 10.3. The predicted molar refractivity (Wildman–Crippen MR) is 85.3 cm³/mol.